The highest BCUT2D eigenvalue weighted by atomic mass is 32.2. The summed E-state index contributed by atoms with van der Waals surface area (Å²) >= 11 is 0. The van der Waals surface area contributed by atoms with Gasteiger partial charge in [0.1, 0.15) is 11.5 Å². The maximum atomic E-state index is 13.2. The Morgan fingerprint density at radius 2 is 1.88 bits per heavy atom. The van der Waals surface area contributed by atoms with Crippen LogP contribution in [0.15, 0.2) is 53.7 Å². The van der Waals surface area contributed by atoms with Gasteiger partial charge in [-0.05, 0) is 37.3 Å². The number of pyridine rings is 1. The molecule has 0 spiro atoms. The number of aromatic nitrogens is 3. The fourth-order valence-corrected chi connectivity index (χ4v) is 4.08. The Morgan fingerprint density at radius 3 is 2.52 bits per heavy atom. The second-order valence-corrected chi connectivity index (χ2v) is 9.58. The van der Waals surface area contributed by atoms with Gasteiger partial charge in [-0.15, -0.1) is 0 Å². The van der Waals surface area contributed by atoms with E-state index in [4.69, 9.17) is 0 Å². The van der Waals surface area contributed by atoms with E-state index in [2.05, 4.69) is 21.9 Å². The normalized spacial score (nSPS) is 16.2. The Morgan fingerprint density at radius 1 is 1.12 bits per heavy atom. The van der Waals surface area contributed by atoms with Crippen molar-refractivity contribution in [3.8, 4) is 11.8 Å². The molecule has 3 aromatic rings. The number of carbonyl (C=O) groups excluding carboxylic acids is 1. The quantitative estimate of drug-likeness (QED) is 0.532. The number of halogens is 3. The molecule has 1 aromatic carbocycles. The van der Waals surface area contributed by atoms with Crippen molar-refractivity contribution in [1.82, 2.24) is 14.8 Å². The van der Waals surface area contributed by atoms with E-state index in [-0.39, 0.29) is 29.0 Å². The first-order valence-electron chi connectivity index (χ1n) is 9.70. The van der Waals surface area contributed by atoms with Gasteiger partial charge < -0.3 is 0 Å². The molecule has 33 heavy (non-hydrogen) atoms. The van der Waals surface area contributed by atoms with Crippen molar-refractivity contribution in [2.45, 2.75) is 24.0 Å². The van der Waals surface area contributed by atoms with E-state index >= 15 is 0 Å². The van der Waals surface area contributed by atoms with Crippen molar-refractivity contribution in [2.24, 2.45) is 0 Å². The molecule has 0 bridgehead atoms. The SMILES string of the molecule is C[C@H]1CN(c2ccc(C(F)(F)F)cn2)C(=O)c2c(C#Cc3cccc(S(C)(=O)=O)c3)cnn21. The third-order valence-electron chi connectivity index (χ3n) is 5.06. The summed E-state index contributed by atoms with van der Waals surface area (Å²) in [6, 6.07) is 7.86. The van der Waals surface area contributed by atoms with Crippen LogP contribution >= 0.6 is 0 Å². The minimum atomic E-state index is -4.53. The fraction of sp³-hybridized carbons (Fsp3) is 0.227. The van der Waals surface area contributed by atoms with Gasteiger partial charge in [0, 0.05) is 24.6 Å². The van der Waals surface area contributed by atoms with Crippen LogP contribution in [0.3, 0.4) is 0 Å². The van der Waals surface area contributed by atoms with E-state index in [1.807, 2.05) is 6.92 Å². The zero-order valence-corrected chi connectivity index (χ0v) is 18.3. The van der Waals surface area contributed by atoms with Crippen LogP contribution < -0.4 is 4.90 Å². The predicted octanol–water partition coefficient (Wildman–Crippen LogP) is 3.32. The lowest BCUT2D eigenvalue weighted by Crippen LogP contribution is -2.43. The average molecular weight is 474 g/mol. The van der Waals surface area contributed by atoms with Crippen molar-refractivity contribution >= 4 is 21.6 Å². The van der Waals surface area contributed by atoms with E-state index in [1.54, 1.807) is 12.1 Å². The first kappa shape index (κ1) is 22.5. The minimum Gasteiger partial charge on any atom is -0.289 e. The number of fused-ring (bicyclic) bond motifs is 1. The second kappa shape index (κ2) is 8.04. The van der Waals surface area contributed by atoms with Gasteiger partial charge in [0.15, 0.2) is 9.84 Å². The number of hydrogen-bond donors (Lipinski definition) is 0. The highest BCUT2D eigenvalue weighted by Crippen LogP contribution is 2.31. The molecule has 1 aliphatic rings. The van der Waals surface area contributed by atoms with E-state index in [9.17, 15) is 26.4 Å². The van der Waals surface area contributed by atoms with Crippen molar-refractivity contribution in [3.05, 3.63) is 71.2 Å². The molecule has 0 fully saturated rings. The van der Waals surface area contributed by atoms with Gasteiger partial charge in [-0.3, -0.25) is 14.4 Å². The molecule has 0 saturated carbocycles. The molecule has 3 heterocycles. The third-order valence-corrected chi connectivity index (χ3v) is 6.17. The smallest absolute Gasteiger partial charge is 0.289 e. The molecule has 170 valence electrons. The van der Waals surface area contributed by atoms with Gasteiger partial charge >= 0.3 is 6.18 Å². The van der Waals surface area contributed by atoms with Crippen LogP contribution in [0.1, 0.15) is 40.1 Å². The van der Waals surface area contributed by atoms with Crippen molar-refractivity contribution in [1.29, 1.82) is 0 Å². The molecule has 0 aliphatic carbocycles. The van der Waals surface area contributed by atoms with E-state index in [0.29, 0.717) is 17.3 Å². The van der Waals surface area contributed by atoms with Crippen LogP contribution in [-0.4, -0.2) is 41.9 Å². The molecule has 4 rings (SSSR count). The highest BCUT2D eigenvalue weighted by Gasteiger charge is 2.35. The predicted molar refractivity (Wildman–Crippen MR) is 113 cm³/mol. The number of rotatable bonds is 2. The Kier molecular flexibility index (Phi) is 5.49. The van der Waals surface area contributed by atoms with Crippen LogP contribution in [0.25, 0.3) is 0 Å². The first-order valence-corrected chi connectivity index (χ1v) is 11.6. The molecule has 0 saturated heterocycles. The van der Waals surface area contributed by atoms with Crippen molar-refractivity contribution in [3.63, 3.8) is 0 Å². The highest BCUT2D eigenvalue weighted by molar-refractivity contribution is 7.90. The molecule has 1 aliphatic heterocycles. The van der Waals surface area contributed by atoms with E-state index < -0.39 is 27.5 Å². The molecule has 0 radical (unpaired) electrons. The summed E-state index contributed by atoms with van der Waals surface area (Å²) in [5.41, 5.74) is 0.0301. The van der Waals surface area contributed by atoms with Gasteiger partial charge in [0.05, 0.1) is 28.3 Å². The Hall–Kier alpha value is -3.65. The number of hydrogen-bond acceptors (Lipinski definition) is 5. The summed E-state index contributed by atoms with van der Waals surface area (Å²) in [6.45, 7) is 1.99. The van der Waals surface area contributed by atoms with E-state index in [0.717, 1.165) is 18.4 Å². The Balaban J connectivity index is 1.68. The molecule has 7 nitrogen and oxygen atoms in total. The zero-order chi connectivity index (χ0) is 24.0. The number of sulfone groups is 1. The first-order chi connectivity index (χ1) is 15.4. The van der Waals surface area contributed by atoms with Gasteiger partial charge in [0.25, 0.3) is 5.91 Å². The van der Waals surface area contributed by atoms with Gasteiger partial charge in [-0.2, -0.15) is 18.3 Å². The topological polar surface area (TPSA) is 85.2 Å². The van der Waals surface area contributed by atoms with E-state index in [1.165, 1.54) is 27.9 Å². The van der Waals surface area contributed by atoms with Crippen LogP contribution in [-0.2, 0) is 16.0 Å². The lowest BCUT2D eigenvalue weighted by atomic mass is 10.1. The largest absolute Gasteiger partial charge is 0.417 e. The summed E-state index contributed by atoms with van der Waals surface area (Å²) in [7, 11) is -3.40. The Labute approximate surface area is 187 Å². The average Bonchev–Trinajstić information content (AvgIpc) is 3.19. The summed E-state index contributed by atoms with van der Waals surface area (Å²) < 4.78 is 63.6. The summed E-state index contributed by atoms with van der Waals surface area (Å²) in [5.74, 6) is 5.30. The maximum absolute atomic E-state index is 13.2. The standard InChI is InChI=1S/C22H17F3N4O3S/c1-14-13-28(19-9-8-17(12-26-19)22(23,24)25)21(30)20-16(11-27-29(14)20)7-6-15-4-3-5-18(10-15)33(2,31)32/h3-5,8-12,14H,13H2,1-2H3/t14-/m0/s1. The molecular weight excluding hydrogens is 457 g/mol. The second-order valence-electron chi connectivity index (χ2n) is 7.57. The molecular formula is C22H17F3N4O3S. The number of amides is 1. The zero-order valence-electron chi connectivity index (χ0n) is 17.5. The fourth-order valence-electron chi connectivity index (χ4n) is 3.41. The van der Waals surface area contributed by atoms with Gasteiger partial charge in [-0.1, -0.05) is 17.9 Å². The molecule has 2 aromatic heterocycles. The number of anilines is 1. The third kappa shape index (κ3) is 4.47. The monoisotopic (exact) mass is 474 g/mol. The molecule has 0 N–H and O–H groups in total. The van der Waals surface area contributed by atoms with Crippen molar-refractivity contribution < 1.29 is 26.4 Å². The molecule has 1 amide bonds. The van der Waals surface area contributed by atoms with Crippen LogP contribution in [0.2, 0.25) is 0 Å². The molecule has 0 unspecified atom stereocenters. The van der Waals surface area contributed by atoms with Crippen LogP contribution in [0.4, 0.5) is 19.0 Å². The minimum absolute atomic E-state index is 0.0899. The summed E-state index contributed by atoms with van der Waals surface area (Å²) in [6.07, 6.45) is -1.31. The lowest BCUT2D eigenvalue weighted by Gasteiger charge is -2.31. The number of carbonyl (C=O) groups is 1. The summed E-state index contributed by atoms with van der Waals surface area (Å²) in [4.78, 5) is 18.4. The Bertz CT molecular complexity index is 1400. The number of benzene rings is 1. The number of nitrogens with zero attached hydrogens (tertiary/aromatic N) is 4. The lowest BCUT2D eigenvalue weighted by molar-refractivity contribution is -0.137. The van der Waals surface area contributed by atoms with Crippen LogP contribution in [0.5, 0.6) is 0 Å². The van der Waals surface area contributed by atoms with Gasteiger partial charge in [-0.25, -0.2) is 13.4 Å². The van der Waals surface area contributed by atoms with Crippen molar-refractivity contribution in [2.75, 3.05) is 17.7 Å². The van der Waals surface area contributed by atoms with Crippen LogP contribution in [0, 0.1) is 11.8 Å². The number of alkyl halides is 3. The molecule has 1 atom stereocenters. The maximum Gasteiger partial charge on any atom is 0.417 e. The van der Waals surface area contributed by atoms with Gasteiger partial charge in [0.2, 0.25) is 0 Å². The summed E-state index contributed by atoms with van der Waals surface area (Å²) in [5, 5.41) is 4.23. The molecule has 11 heteroatoms.